The van der Waals surface area contributed by atoms with Crippen LogP contribution in [0.25, 0.3) is 0 Å². The molecule has 2 aromatic rings. The van der Waals surface area contributed by atoms with Gasteiger partial charge in [-0.2, -0.15) is 5.26 Å². The predicted molar refractivity (Wildman–Crippen MR) is 112 cm³/mol. The molecule has 1 aliphatic heterocycles. The molecule has 3 rings (SSSR count). The summed E-state index contributed by atoms with van der Waals surface area (Å²) >= 11 is 6.12. The van der Waals surface area contributed by atoms with Crippen LogP contribution in [0.15, 0.2) is 47.4 Å². The van der Waals surface area contributed by atoms with Crippen molar-refractivity contribution >= 4 is 33.2 Å². The molecule has 0 spiro atoms. The lowest BCUT2D eigenvalue weighted by molar-refractivity contribution is 0.0512. The number of carbonyl (C=O) groups excluding carboxylic acids is 1. The van der Waals surface area contributed by atoms with Crippen molar-refractivity contribution in [1.82, 2.24) is 4.90 Å². The van der Waals surface area contributed by atoms with E-state index in [1.165, 1.54) is 42.5 Å². The Hall–Kier alpha value is -2.56. The van der Waals surface area contributed by atoms with E-state index in [4.69, 9.17) is 16.9 Å². The summed E-state index contributed by atoms with van der Waals surface area (Å²) in [5.41, 5.74) is 0.598. The SMILES string of the molecule is CC1CCCC(C)N1C(=O)c1cc(Cl)ccc1NS(=O)(=O)c1cccc(C#N)c1. The van der Waals surface area contributed by atoms with E-state index in [1.807, 2.05) is 19.9 Å². The smallest absolute Gasteiger partial charge is 0.261 e. The first-order valence-corrected chi connectivity index (χ1v) is 11.2. The highest BCUT2D eigenvalue weighted by molar-refractivity contribution is 7.92. The number of anilines is 1. The molecular formula is C21H22ClN3O3S. The first-order valence-electron chi connectivity index (χ1n) is 9.38. The number of rotatable bonds is 4. The van der Waals surface area contributed by atoms with E-state index >= 15 is 0 Å². The maximum Gasteiger partial charge on any atom is 0.261 e. The molecule has 29 heavy (non-hydrogen) atoms. The van der Waals surface area contributed by atoms with Crippen LogP contribution in [0.5, 0.6) is 0 Å². The van der Waals surface area contributed by atoms with Gasteiger partial charge in [0.05, 0.1) is 27.8 Å². The monoisotopic (exact) mass is 431 g/mol. The van der Waals surface area contributed by atoms with Gasteiger partial charge in [-0.05, 0) is 69.5 Å². The number of likely N-dealkylation sites (tertiary alicyclic amines) is 1. The first-order chi connectivity index (χ1) is 13.7. The van der Waals surface area contributed by atoms with Gasteiger partial charge in [0.2, 0.25) is 0 Å². The number of hydrogen-bond donors (Lipinski definition) is 1. The van der Waals surface area contributed by atoms with Gasteiger partial charge in [0.15, 0.2) is 0 Å². The Morgan fingerprint density at radius 1 is 1.17 bits per heavy atom. The van der Waals surface area contributed by atoms with E-state index in [0.717, 1.165) is 19.3 Å². The highest BCUT2D eigenvalue weighted by atomic mass is 35.5. The van der Waals surface area contributed by atoms with Crippen LogP contribution < -0.4 is 4.72 Å². The van der Waals surface area contributed by atoms with Crippen LogP contribution in [0.2, 0.25) is 5.02 Å². The van der Waals surface area contributed by atoms with Gasteiger partial charge in [-0.15, -0.1) is 0 Å². The Morgan fingerprint density at radius 2 is 1.86 bits per heavy atom. The second-order valence-corrected chi connectivity index (χ2v) is 9.40. The van der Waals surface area contributed by atoms with Gasteiger partial charge in [-0.25, -0.2) is 8.42 Å². The zero-order valence-corrected chi connectivity index (χ0v) is 17.8. The number of nitriles is 1. The van der Waals surface area contributed by atoms with Gasteiger partial charge >= 0.3 is 0 Å². The summed E-state index contributed by atoms with van der Waals surface area (Å²) in [5.74, 6) is -0.254. The molecule has 2 unspecified atom stereocenters. The van der Waals surface area contributed by atoms with Crippen LogP contribution in [0.4, 0.5) is 5.69 Å². The molecule has 0 aromatic heterocycles. The number of amides is 1. The summed E-state index contributed by atoms with van der Waals surface area (Å²) < 4.78 is 28.2. The van der Waals surface area contributed by atoms with Gasteiger partial charge in [-0.3, -0.25) is 9.52 Å². The Bertz CT molecular complexity index is 1070. The van der Waals surface area contributed by atoms with E-state index in [2.05, 4.69) is 4.72 Å². The first kappa shape index (κ1) is 21.2. The van der Waals surface area contributed by atoms with Crippen molar-refractivity contribution in [2.75, 3.05) is 4.72 Å². The standard InChI is InChI=1S/C21H22ClN3O3S/c1-14-5-3-6-15(2)25(14)21(26)19-12-17(22)9-10-20(19)24-29(27,28)18-8-4-7-16(11-18)13-23/h4,7-12,14-15,24H,3,5-6H2,1-2H3. The van der Waals surface area contributed by atoms with Crippen molar-refractivity contribution in [2.45, 2.75) is 50.1 Å². The molecule has 2 atom stereocenters. The Kier molecular flexibility index (Phi) is 6.15. The van der Waals surface area contributed by atoms with Crippen molar-refractivity contribution in [3.63, 3.8) is 0 Å². The molecule has 1 amide bonds. The van der Waals surface area contributed by atoms with Crippen LogP contribution in [0, 0.1) is 11.3 Å². The van der Waals surface area contributed by atoms with Crippen LogP contribution in [0.3, 0.4) is 0 Å². The summed E-state index contributed by atoms with van der Waals surface area (Å²) in [7, 11) is -3.99. The van der Waals surface area contributed by atoms with Gasteiger partial charge in [0.25, 0.3) is 15.9 Å². The molecule has 2 aromatic carbocycles. The minimum atomic E-state index is -3.99. The maximum absolute atomic E-state index is 13.3. The summed E-state index contributed by atoms with van der Waals surface area (Å²) in [6.45, 7) is 3.99. The predicted octanol–water partition coefficient (Wildman–Crippen LogP) is 4.42. The largest absolute Gasteiger partial charge is 0.333 e. The molecule has 1 fully saturated rings. The normalized spacial score (nSPS) is 19.4. The van der Waals surface area contributed by atoms with Crippen LogP contribution in [0.1, 0.15) is 49.0 Å². The van der Waals surface area contributed by atoms with E-state index in [0.29, 0.717) is 5.02 Å². The number of nitrogens with zero attached hydrogens (tertiary/aromatic N) is 2. The third-order valence-corrected chi connectivity index (χ3v) is 6.76. The van der Waals surface area contributed by atoms with Crippen molar-refractivity contribution < 1.29 is 13.2 Å². The van der Waals surface area contributed by atoms with Gasteiger partial charge in [0.1, 0.15) is 0 Å². The van der Waals surface area contributed by atoms with Crippen LogP contribution in [-0.2, 0) is 10.0 Å². The molecule has 152 valence electrons. The fourth-order valence-electron chi connectivity index (χ4n) is 3.68. The fourth-order valence-corrected chi connectivity index (χ4v) is 4.98. The molecule has 1 heterocycles. The number of benzene rings is 2. The molecule has 0 radical (unpaired) electrons. The van der Waals surface area contributed by atoms with E-state index in [9.17, 15) is 13.2 Å². The zero-order chi connectivity index (χ0) is 21.2. The quantitative estimate of drug-likeness (QED) is 0.775. The van der Waals surface area contributed by atoms with Gasteiger partial charge in [0, 0.05) is 17.1 Å². The van der Waals surface area contributed by atoms with E-state index in [-0.39, 0.29) is 39.7 Å². The average molecular weight is 432 g/mol. The number of carbonyl (C=O) groups is 1. The Labute approximate surface area is 176 Å². The third-order valence-electron chi connectivity index (χ3n) is 5.16. The number of piperidine rings is 1. The molecular weight excluding hydrogens is 410 g/mol. The minimum absolute atomic E-state index is 0.0513. The topological polar surface area (TPSA) is 90.3 Å². The van der Waals surface area contributed by atoms with E-state index in [1.54, 1.807) is 4.90 Å². The van der Waals surface area contributed by atoms with Crippen molar-refractivity contribution in [1.29, 1.82) is 5.26 Å². The molecule has 1 N–H and O–H groups in total. The van der Waals surface area contributed by atoms with Gasteiger partial charge in [-0.1, -0.05) is 17.7 Å². The number of halogens is 1. The molecule has 0 saturated carbocycles. The van der Waals surface area contributed by atoms with Crippen molar-refractivity contribution in [2.24, 2.45) is 0 Å². The molecule has 0 aliphatic carbocycles. The molecule has 1 saturated heterocycles. The van der Waals surface area contributed by atoms with Crippen LogP contribution in [-0.4, -0.2) is 31.3 Å². The average Bonchev–Trinajstić information content (AvgIpc) is 2.69. The minimum Gasteiger partial charge on any atom is -0.333 e. The van der Waals surface area contributed by atoms with E-state index < -0.39 is 10.0 Å². The summed E-state index contributed by atoms with van der Waals surface area (Å²) in [4.78, 5) is 15.0. The van der Waals surface area contributed by atoms with Gasteiger partial charge < -0.3 is 4.90 Å². The van der Waals surface area contributed by atoms with Crippen molar-refractivity contribution in [3.8, 4) is 6.07 Å². The molecule has 1 aliphatic rings. The lowest BCUT2D eigenvalue weighted by Gasteiger charge is -2.39. The Balaban J connectivity index is 1.99. The van der Waals surface area contributed by atoms with Crippen molar-refractivity contribution in [3.05, 3.63) is 58.6 Å². The second-order valence-electron chi connectivity index (χ2n) is 7.28. The second kappa shape index (κ2) is 8.44. The molecule has 0 bridgehead atoms. The zero-order valence-electron chi connectivity index (χ0n) is 16.2. The highest BCUT2D eigenvalue weighted by Crippen LogP contribution is 2.30. The lowest BCUT2D eigenvalue weighted by atomic mass is 9.96. The summed E-state index contributed by atoms with van der Waals surface area (Å²) in [6.07, 6.45) is 2.85. The maximum atomic E-state index is 13.3. The summed E-state index contributed by atoms with van der Waals surface area (Å²) in [5, 5.41) is 9.38. The highest BCUT2D eigenvalue weighted by Gasteiger charge is 2.31. The number of hydrogen-bond acceptors (Lipinski definition) is 4. The number of sulfonamides is 1. The third kappa shape index (κ3) is 4.55. The fraction of sp³-hybridized carbons (Fsp3) is 0.333. The lowest BCUT2D eigenvalue weighted by Crippen LogP contribution is -2.47. The molecule has 6 nitrogen and oxygen atoms in total. The number of nitrogens with one attached hydrogen (secondary N) is 1. The molecule has 8 heteroatoms. The Morgan fingerprint density at radius 3 is 2.52 bits per heavy atom. The van der Waals surface area contributed by atoms with Crippen LogP contribution >= 0.6 is 11.6 Å². The summed E-state index contributed by atoms with van der Waals surface area (Å²) in [6, 6.07) is 12.3.